The maximum atomic E-state index is 12.2. The number of nitrogens with zero attached hydrogens (tertiary/aromatic N) is 1. The quantitative estimate of drug-likeness (QED) is 0.877. The zero-order valence-corrected chi connectivity index (χ0v) is 14.3. The molecule has 0 aromatic heterocycles. The van der Waals surface area contributed by atoms with E-state index in [1.165, 1.54) is 0 Å². The molecule has 0 unspecified atom stereocenters. The molecule has 1 aromatic carbocycles. The van der Waals surface area contributed by atoms with Gasteiger partial charge in [-0.1, -0.05) is 0 Å². The molecule has 0 bridgehead atoms. The van der Waals surface area contributed by atoms with Crippen LogP contribution in [0.4, 0.5) is 0 Å². The van der Waals surface area contributed by atoms with Crippen LogP contribution in [0.15, 0.2) is 18.2 Å². The molecule has 2 heterocycles. The maximum absolute atomic E-state index is 12.2. The molecule has 1 spiro atoms. The fraction of sp³-hybridized carbons (Fsp3) is 0.556. The minimum Gasteiger partial charge on any atom is -0.497 e. The highest BCUT2D eigenvalue weighted by molar-refractivity contribution is 5.77. The van der Waals surface area contributed by atoms with E-state index in [0.717, 1.165) is 17.1 Å². The molecule has 0 aliphatic carbocycles. The third kappa shape index (κ3) is 4.04. The standard InChI is InChI=1S/C18H23NO6/c1-23-14-5-6-15-13(11-14)12-24-18(25-15)7-9-19(10-8-18)16(20)3-2-4-17(21)22/h5-6,11H,2-4,7-10,12H2,1H3,(H,21,22). The normalized spacial score (nSPS) is 18.4. The first-order chi connectivity index (χ1) is 12.0. The molecule has 1 amide bonds. The van der Waals surface area contributed by atoms with Crippen LogP contribution in [0.25, 0.3) is 0 Å². The van der Waals surface area contributed by atoms with Crippen LogP contribution in [-0.4, -0.2) is 47.9 Å². The van der Waals surface area contributed by atoms with E-state index in [9.17, 15) is 9.59 Å². The Morgan fingerprint density at radius 2 is 2.04 bits per heavy atom. The summed E-state index contributed by atoms with van der Waals surface area (Å²) in [4.78, 5) is 24.5. The number of carboxylic acids is 1. The van der Waals surface area contributed by atoms with Crippen molar-refractivity contribution in [1.82, 2.24) is 4.90 Å². The van der Waals surface area contributed by atoms with Crippen molar-refractivity contribution < 1.29 is 28.9 Å². The number of carbonyl (C=O) groups is 2. The van der Waals surface area contributed by atoms with Gasteiger partial charge in [0.15, 0.2) is 0 Å². The van der Waals surface area contributed by atoms with Crippen molar-refractivity contribution in [2.75, 3.05) is 20.2 Å². The molecule has 0 saturated carbocycles. The number of amides is 1. The first-order valence-electron chi connectivity index (χ1n) is 8.51. The van der Waals surface area contributed by atoms with E-state index in [1.54, 1.807) is 12.0 Å². The van der Waals surface area contributed by atoms with E-state index in [0.29, 0.717) is 39.0 Å². The Morgan fingerprint density at radius 1 is 1.28 bits per heavy atom. The van der Waals surface area contributed by atoms with Crippen LogP contribution in [0.1, 0.15) is 37.7 Å². The average Bonchev–Trinajstić information content (AvgIpc) is 2.61. The molecule has 3 rings (SSSR count). The van der Waals surface area contributed by atoms with Crippen LogP contribution in [0.2, 0.25) is 0 Å². The van der Waals surface area contributed by atoms with Crippen molar-refractivity contribution in [3.05, 3.63) is 23.8 Å². The molecule has 1 fully saturated rings. The number of methoxy groups -OCH3 is 1. The van der Waals surface area contributed by atoms with Crippen LogP contribution >= 0.6 is 0 Å². The topological polar surface area (TPSA) is 85.3 Å². The summed E-state index contributed by atoms with van der Waals surface area (Å²) in [5.74, 6) is 0.0121. The lowest BCUT2D eigenvalue weighted by Crippen LogP contribution is -2.52. The van der Waals surface area contributed by atoms with Crippen molar-refractivity contribution in [3.63, 3.8) is 0 Å². The van der Waals surface area contributed by atoms with E-state index in [4.69, 9.17) is 19.3 Å². The van der Waals surface area contributed by atoms with Gasteiger partial charge in [0.05, 0.1) is 13.7 Å². The van der Waals surface area contributed by atoms with Gasteiger partial charge in [0, 0.05) is 44.3 Å². The highest BCUT2D eigenvalue weighted by atomic mass is 16.7. The van der Waals surface area contributed by atoms with Gasteiger partial charge in [-0.25, -0.2) is 0 Å². The first kappa shape index (κ1) is 17.5. The monoisotopic (exact) mass is 349 g/mol. The molecular formula is C18H23NO6. The second-order valence-electron chi connectivity index (χ2n) is 6.40. The molecule has 1 N–H and O–H groups in total. The van der Waals surface area contributed by atoms with Crippen molar-refractivity contribution in [2.24, 2.45) is 0 Å². The third-order valence-corrected chi connectivity index (χ3v) is 4.71. The van der Waals surface area contributed by atoms with Gasteiger partial charge in [0.25, 0.3) is 0 Å². The number of carboxylic acid groups (broad SMARTS) is 1. The van der Waals surface area contributed by atoms with Gasteiger partial charge in [0.2, 0.25) is 11.7 Å². The number of likely N-dealkylation sites (tertiary alicyclic amines) is 1. The summed E-state index contributed by atoms with van der Waals surface area (Å²) in [6, 6.07) is 5.66. The lowest BCUT2D eigenvalue weighted by molar-refractivity contribution is -0.227. The second kappa shape index (κ2) is 7.31. The van der Waals surface area contributed by atoms with E-state index in [1.807, 2.05) is 18.2 Å². The summed E-state index contributed by atoms with van der Waals surface area (Å²) in [7, 11) is 1.62. The van der Waals surface area contributed by atoms with E-state index in [2.05, 4.69) is 0 Å². The average molecular weight is 349 g/mol. The highest BCUT2D eigenvalue weighted by Crippen LogP contribution is 2.38. The van der Waals surface area contributed by atoms with Crippen molar-refractivity contribution in [2.45, 2.75) is 44.5 Å². The number of fused-ring (bicyclic) bond motifs is 1. The van der Waals surface area contributed by atoms with Crippen LogP contribution < -0.4 is 9.47 Å². The second-order valence-corrected chi connectivity index (χ2v) is 6.40. The lowest BCUT2D eigenvalue weighted by Gasteiger charge is -2.44. The number of benzene rings is 1. The molecule has 0 radical (unpaired) electrons. The van der Waals surface area contributed by atoms with Gasteiger partial charge >= 0.3 is 5.97 Å². The first-order valence-corrected chi connectivity index (χ1v) is 8.51. The molecule has 7 nitrogen and oxygen atoms in total. The number of rotatable bonds is 5. The number of hydrogen-bond donors (Lipinski definition) is 1. The van der Waals surface area contributed by atoms with Crippen LogP contribution in [0.3, 0.4) is 0 Å². The Balaban J connectivity index is 1.55. The van der Waals surface area contributed by atoms with Gasteiger partial charge < -0.3 is 24.2 Å². The molecule has 0 atom stereocenters. The summed E-state index contributed by atoms with van der Waals surface area (Å²) in [5, 5.41) is 8.65. The van der Waals surface area contributed by atoms with Gasteiger partial charge in [-0.15, -0.1) is 0 Å². The zero-order valence-electron chi connectivity index (χ0n) is 14.3. The van der Waals surface area contributed by atoms with Crippen molar-refractivity contribution >= 4 is 11.9 Å². The van der Waals surface area contributed by atoms with Gasteiger partial charge in [0.1, 0.15) is 11.5 Å². The number of aliphatic carboxylic acids is 1. The molecule has 136 valence electrons. The largest absolute Gasteiger partial charge is 0.497 e. The lowest BCUT2D eigenvalue weighted by atomic mass is 10.0. The fourth-order valence-corrected chi connectivity index (χ4v) is 3.23. The smallest absolute Gasteiger partial charge is 0.303 e. The highest BCUT2D eigenvalue weighted by Gasteiger charge is 2.41. The predicted molar refractivity (Wildman–Crippen MR) is 88.4 cm³/mol. The Labute approximate surface area is 146 Å². The minimum atomic E-state index is -0.871. The van der Waals surface area contributed by atoms with E-state index >= 15 is 0 Å². The molecule has 25 heavy (non-hydrogen) atoms. The Morgan fingerprint density at radius 3 is 2.72 bits per heavy atom. The Hall–Kier alpha value is -2.28. The Kier molecular flexibility index (Phi) is 5.13. The molecule has 7 heteroatoms. The fourth-order valence-electron chi connectivity index (χ4n) is 3.23. The van der Waals surface area contributed by atoms with Crippen LogP contribution in [0.5, 0.6) is 11.5 Å². The number of carbonyl (C=O) groups excluding carboxylic acids is 1. The van der Waals surface area contributed by atoms with E-state index in [-0.39, 0.29) is 18.7 Å². The summed E-state index contributed by atoms with van der Waals surface area (Å²) in [6.07, 6.45) is 1.87. The SMILES string of the molecule is COc1ccc2c(c1)COC1(CCN(C(=O)CCCC(=O)O)CC1)O2. The molecule has 2 aliphatic rings. The number of ether oxygens (including phenoxy) is 3. The van der Waals surface area contributed by atoms with Gasteiger partial charge in [-0.05, 0) is 24.6 Å². The van der Waals surface area contributed by atoms with Gasteiger partial charge in [-0.2, -0.15) is 0 Å². The number of hydrogen-bond acceptors (Lipinski definition) is 5. The summed E-state index contributed by atoms with van der Waals surface area (Å²) >= 11 is 0. The van der Waals surface area contributed by atoms with Crippen molar-refractivity contribution in [3.8, 4) is 11.5 Å². The Bertz CT molecular complexity index is 651. The maximum Gasteiger partial charge on any atom is 0.303 e. The van der Waals surface area contributed by atoms with Crippen LogP contribution in [-0.2, 0) is 20.9 Å². The van der Waals surface area contributed by atoms with E-state index < -0.39 is 11.8 Å². The third-order valence-electron chi connectivity index (χ3n) is 4.71. The predicted octanol–water partition coefficient (Wildman–Crippen LogP) is 2.18. The van der Waals surface area contributed by atoms with Gasteiger partial charge in [-0.3, -0.25) is 9.59 Å². The molecule has 1 aromatic rings. The summed E-state index contributed by atoms with van der Waals surface area (Å²) in [6.45, 7) is 1.56. The summed E-state index contributed by atoms with van der Waals surface area (Å²) < 4.78 is 17.3. The van der Waals surface area contributed by atoms with Crippen LogP contribution in [0, 0.1) is 0 Å². The molecule has 2 aliphatic heterocycles. The molecular weight excluding hydrogens is 326 g/mol. The zero-order chi connectivity index (χ0) is 17.9. The summed E-state index contributed by atoms with van der Waals surface area (Å²) in [5.41, 5.74) is 0.956. The van der Waals surface area contributed by atoms with Crippen molar-refractivity contribution in [1.29, 1.82) is 0 Å². The molecule has 1 saturated heterocycles. The minimum absolute atomic E-state index is 0.00274. The number of piperidine rings is 1.